The highest BCUT2D eigenvalue weighted by Crippen LogP contribution is 2.34. The summed E-state index contributed by atoms with van der Waals surface area (Å²) < 4.78 is 4.99. The van der Waals surface area contributed by atoms with Crippen LogP contribution in [0.25, 0.3) is 0 Å². The van der Waals surface area contributed by atoms with E-state index in [1.807, 2.05) is 6.07 Å². The van der Waals surface area contributed by atoms with E-state index in [2.05, 4.69) is 5.32 Å². The first-order valence-corrected chi connectivity index (χ1v) is 5.25. The molecule has 3 nitrogen and oxygen atoms in total. The van der Waals surface area contributed by atoms with Crippen LogP contribution in [0.3, 0.4) is 0 Å². The zero-order valence-corrected chi connectivity index (χ0v) is 8.28. The number of aliphatic hydroxyl groups excluding tert-OH is 1. The Morgan fingerprint density at radius 1 is 1.57 bits per heavy atom. The van der Waals surface area contributed by atoms with Gasteiger partial charge in [-0.3, -0.25) is 0 Å². The molecular formula is C11H17NO2. The van der Waals surface area contributed by atoms with Crippen LogP contribution in [0.5, 0.6) is 0 Å². The van der Waals surface area contributed by atoms with Crippen molar-refractivity contribution in [3.8, 4) is 0 Å². The molecule has 1 unspecified atom stereocenters. The number of furan rings is 1. The lowest BCUT2D eigenvalue weighted by Crippen LogP contribution is -2.31. The van der Waals surface area contributed by atoms with E-state index < -0.39 is 0 Å². The number of hydrogen-bond donors (Lipinski definition) is 2. The molecule has 1 atom stereocenters. The number of rotatable bonds is 6. The van der Waals surface area contributed by atoms with Gasteiger partial charge in [0.1, 0.15) is 0 Å². The van der Waals surface area contributed by atoms with Crippen LogP contribution in [0.4, 0.5) is 0 Å². The van der Waals surface area contributed by atoms with Crippen LogP contribution < -0.4 is 5.32 Å². The lowest BCUT2D eigenvalue weighted by atomic mass is 10.1. The van der Waals surface area contributed by atoms with Crippen LogP contribution in [0.1, 0.15) is 24.8 Å². The van der Waals surface area contributed by atoms with Crippen molar-refractivity contribution in [1.29, 1.82) is 0 Å². The number of hydrogen-bond acceptors (Lipinski definition) is 3. The van der Waals surface area contributed by atoms with Gasteiger partial charge in [-0.05, 0) is 31.2 Å². The Bertz CT molecular complexity index is 254. The maximum absolute atomic E-state index is 8.91. The Hall–Kier alpha value is -0.800. The second-order valence-corrected chi connectivity index (χ2v) is 3.97. The number of aliphatic hydroxyl groups is 1. The van der Waals surface area contributed by atoms with E-state index in [-0.39, 0.29) is 6.61 Å². The van der Waals surface area contributed by atoms with E-state index in [4.69, 9.17) is 9.52 Å². The van der Waals surface area contributed by atoms with Gasteiger partial charge in [-0.1, -0.05) is 0 Å². The second-order valence-electron chi connectivity index (χ2n) is 3.97. The fourth-order valence-corrected chi connectivity index (χ4v) is 1.78. The van der Waals surface area contributed by atoms with Gasteiger partial charge in [0.2, 0.25) is 0 Å². The molecule has 78 valence electrons. The third-order valence-electron chi connectivity index (χ3n) is 2.78. The lowest BCUT2D eigenvalue weighted by molar-refractivity contribution is 0.255. The van der Waals surface area contributed by atoms with Crippen LogP contribution in [0, 0.1) is 5.92 Å². The summed E-state index contributed by atoms with van der Waals surface area (Å²) in [6.07, 6.45) is 6.93. The first-order chi connectivity index (χ1) is 6.90. The van der Waals surface area contributed by atoms with Gasteiger partial charge in [-0.2, -0.15) is 0 Å². The molecule has 1 heterocycles. The van der Waals surface area contributed by atoms with Crippen molar-refractivity contribution in [3.05, 3.63) is 24.2 Å². The Morgan fingerprint density at radius 2 is 2.43 bits per heavy atom. The summed E-state index contributed by atoms with van der Waals surface area (Å²) in [6, 6.07) is 2.45. The van der Waals surface area contributed by atoms with E-state index >= 15 is 0 Å². The lowest BCUT2D eigenvalue weighted by Gasteiger charge is -2.16. The van der Waals surface area contributed by atoms with Crippen LogP contribution in [0.15, 0.2) is 23.0 Å². The second kappa shape index (κ2) is 4.62. The summed E-state index contributed by atoms with van der Waals surface area (Å²) >= 11 is 0. The SMILES string of the molecule is OCCC(NCc1ccoc1)C1CC1. The normalized spacial score (nSPS) is 18.4. The van der Waals surface area contributed by atoms with Crippen molar-refractivity contribution in [2.45, 2.75) is 31.8 Å². The van der Waals surface area contributed by atoms with Gasteiger partial charge < -0.3 is 14.8 Å². The summed E-state index contributed by atoms with van der Waals surface area (Å²) in [7, 11) is 0. The van der Waals surface area contributed by atoms with Crippen molar-refractivity contribution in [2.24, 2.45) is 5.92 Å². The van der Waals surface area contributed by atoms with Gasteiger partial charge in [0, 0.05) is 24.8 Å². The van der Waals surface area contributed by atoms with E-state index in [0.717, 1.165) is 18.9 Å². The predicted octanol–water partition coefficient (Wildman–Crippen LogP) is 1.53. The molecule has 2 rings (SSSR count). The maximum atomic E-state index is 8.91. The van der Waals surface area contributed by atoms with E-state index in [0.29, 0.717) is 6.04 Å². The van der Waals surface area contributed by atoms with Crippen LogP contribution in [-0.4, -0.2) is 17.8 Å². The molecule has 0 spiro atoms. The first-order valence-electron chi connectivity index (χ1n) is 5.25. The van der Waals surface area contributed by atoms with Crippen molar-refractivity contribution >= 4 is 0 Å². The number of nitrogens with one attached hydrogen (secondary N) is 1. The summed E-state index contributed by atoms with van der Waals surface area (Å²) in [6.45, 7) is 1.12. The zero-order valence-electron chi connectivity index (χ0n) is 8.28. The van der Waals surface area contributed by atoms with Crippen molar-refractivity contribution in [3.63, 3.8) is 0 Å². The molecular weight excluding hydrogens is 178 g/mol. The molecule has 2 N–H and O–H groups in total. The fourth-order valence-electron chi connectivity index (χ4n) is 1.78. The van der Waals surface area contributed by atoms with E-state index in [1.165, 1.54) is 18.4 Å². The maximum Gasteiger partial charge on any atom is 0.0947 e. The molecule has 0 aliphatic heterocycles. The molecule has 1 aromatic rings. The van der Waals surface area contributed by atoms with Crippen LogP contribution in [-0.2, 0) is 6.54 Å². The fraction of sp³-hybridized carbons (Fsp3) is 0.636. The molecule has 1 fully saturated rings. The van der Waals surface area contributed by atoms with Gasteiger partial charge >= 0.3 is 0 Å². The predicted molar refractivity (Wildman–Crippen MR) is 53.8 cm³/mol. The minimum absolute atomic E-state index is 0.277. The molecule has 1 aromatic heterocycles. The molecule has 3 heteroatoms. The van der Waals surface area contributed by atoms with E-state index in [9.17, 15) is 0 Å². The molecule has 0 radical (unpaired) electrons. The van der Waals surface area contributed by atoms with Gasteiger partial charge in [0.05, 0.1) is 12.5 Å². The zero-order chi connectivity index (χ0) is 9.80. The topological polar surface area (TPSA) is 45.4 Å². The molecule has 0 amide bonds. The molecule has 0 saturated heterocycles. The molecule has 0 bridgehead atoms. The summed E-state index contributed by atoms with van der Waals surface area (Å²) in [4.78, 5) is 0. The molecule has 1 saturated carbocycles. The monoisotopic (exact) mass is 195 g/mol. The molecule has 1 aliphatic rings. The van der Waals surface area contributed by atoms with Crippen molar-refractivity contribution in [2.75, 3.05) is 6.61 Å². The van der Waals surface area contributed by atoms with Crippen LogP contribution >= 0.6 is 0 Å². The highest BCUT2D eigenvalue weighted by atomic mass is 16.3. The smallest absolute Gasteiger partial charge is 0.0947 e. The third-order valence-corrected chi connectivity index (χ3v) is 2.78. The largest absolute Gasteiger partial charge is 0.472 e. The van der Waals surface area contributed by atoms with Gasteiger partial charge in [-0.25, -0.2) is 0 Å². The van der Waals surface area contributed by atoms with Gasteiger partial charge in [0.25, 0.3) is 0 Å². The first kappa shape index (κ1) is 9.74. The highest BCUT2D eigenvalue weighted by molar-refractivity contribution is 5.05. The van der Waals surface area contributed by atoms with Gasteiger partial charge in [-0.15, -0.1) is 0 Å². The quantitative estimate of drug-likeness (QED) is 0.723. The Kier molecular flexibility index (Phi) is 3.22. The average molecular weight is 195 g/mol. The average Bonchev–Trinajstić information content (AvgIpc) is 2.90. The Labute approximate surface area is 84.1 Å². The minimum atomic E-state index is 0.277. The molecule has 14 heavy (non-hydrogen) atoms. The Balaban J connectivity index is 1.76. The molecule has 1 aliphatic carbocycles. The standard InChI is InChI=1S/C11H17NO2/c13-5-3-11(10-1-2-10)12-7-9-4-6-14-8-9/h4,6,8,10-13H,1-3,5,7H2. The van der Waals surface area contributed by atoms with Gasteiger partial charge in [0.15, 0.2) is 0 Å². The van der Waals surface area contributed by atoms with Crippen LogP contribution in [0.2, 0.25) is 0 Å². The minimum Gasteiger partial charge on any atom is -0.472 e. The summed E-state index contributed by atoms with van der Waals surface area (Å²) in [5.41, 5.74) is 1.17. The summed E-state index contributed by atoms with van der Waals surface area (Å²) in [5, 5.41) is 12.4. The van der Waals surface area contributed by atoms with Crippen molar-refractivity contribution in [1.82, 2.24) is 5.32 Å². The third kappa shape index (κ3) is 2.59. The Morgan fingerprint density at radius 3 is 3.00 bits per heavy atom. The van der Waals surface area contributed by atoms with Crippen molar-refractivity contribution < 1.29 is 9.52 Å². The highest BCUT2D eigenvalue weighted by Gasteiger charge is 2.30. The molecule has 0 aromatic carbocycles. The summed E-state index contributed by atoms with van der Waals surface area (Å²) in [5.74, 6) is 0.786. The van der Waals surface area contributed by atoms with E-state index in [1.54, 1.807) is 12.5 Å².